The molecule has 1 N–H and O–H groups in total. The molecule has 1 aromatic carbocycles. The van der Waals surface area contributed by atoms with Crippen molar-refractivity contribution >= 4 is 11.7 Å². The Hall–Kier alpha value is -3.22. The minimum absolute atomic E-state index is 0.176. The molecule has 0 saturated heterocycles. The first-order valence-electron chi connectivity index (χ1n) is 8.82. The highest BCUT2D eigenvalue weighted by Crippen LogP contribution is 2.21. The van der Waals surface area contributed by atoms with Crippen molar-refractivity contribution in [1.82, 2.24) is 20.4 Å². The lowest BCUT2D eigenvalue weighted by Crippen LogP contribution is -2.28. The molecule has 2 aromatic heterocycles. The summed E-state index contributed by atoms with van der Waals surface area (Å²) in [6.07, 6.45) is 2.49. The number of carbonyl (C=O) groups is 1. The van der Waals surface area contributed by atoms with E-state index in [1.165, 1.54) is 0 Å². The van der Waals surface area contributed by atoms with Crippen molar-refractivity contribution in [3.63, 3.8) is 0 Å². The Labute approximate surface area is 158 Å². The molecule has 0 radical (unpaired) electrons. The molecule has 0 aliphatic heterocycles. The van der Waals surface area contributed by atoms with Gasteiger partial charge in [-0.25, -0.2) is 4.98 Å². The van der Waals surface area contributed by atoms with Crippen molar-refractivity contribution < 1.29 is 9.32 Å². The maximum absolute atomic E-state index is 12.5. The van der Waals surface area contributed by atoms with Crippen LogP contribution in [-0.4, -0.2) is 35.1 Å². The SMILES string of the molecule is CC[C@@H](NC(=O)c1ccc(-c2ccc(N(C)C)nc2)cc1)c1nc(C)no1. The average Bonchev–Trinajstić information content (AvgIpc) is 3.12. The molecule has 0 spiro atoms. The minimum atomic E-state index is -0.304. The number of amides is 1. The van der Waals surface area contributed by atoms with E-state index in [0.717, 1.165) is 16.9 Å². The van der Waals surface area contributed by atoms with Crippen LogP contribution in [-0.2, 0) is 0 Å². The molecule has 0 saturated carbocycles. The molecule has 0 bridgehead atoms. The number of carbonyl (C=O) groups excluding carboxylic acids is 1. The van der Waals surface area contributed by atoms with Gasteiger partial charge in [0.25, 0.3) is 5.91 Å². The van der Waals surface area contributed by atoms with E-state index >= 15 is 0 Å². The van der Waals surface area contributed by atoms with Gasteiger partial charge in [-0.05, 0) is 43.2 Å². The third-order valence-corrected chi connectivity index (χ3v) is 4.24. The summed E-state index contributed by atoms with van der Waals surface area (Å²) in [4.78, 5) is 23.1. The van der Waals surface area contributed by atoms with Crippen molar-refractivity contribution in [2.45, 2.75) is 26.3 Å². The second-order valence-electron chi connectivity index (χ2n) is 6.49. The second-order valence-corrected chi connectivity index (χ2v) is 6.49. The number of nitrogens with zero attached hydrogens (tertiary/aromatic N) is 4. The zero-order chi connectivity index (χ0) is 19.4. The number of aromatic nitrogens is 3. The molecule has 2 heterocycles. The summed E-state index contributed by atoms with van der Waals surface area (Å²) in [5.41, 5.74) is 2.58. The molecular formula is C20H23N5O2. The summed E-state index contributed by atoms with van der Waals surface area (Å²) < 4.78 is 5.17. The summed E-state index contributed by atoms with van der Waals surface area (Å²) in [5.74, 6) is 1.70. The maximum Gasteiger partial charge on any atom is 0.251 e. The van der Waals surface area contributed by atoms with Gasteiger partial charge in [0.1, 0.15) is 11.9 Å². The van der Waals surface area contributed by atoms with Crippen LogP contribution in [0.5, 0.6) is 0 Å². The first kappa shape index (κ1) is 18.6. The molecule has 7 heteroatoms. The lowest BCUT2D eigenvalue weighted by molar-refractivity contribution is 0.0927. The van der Waals surface area contributed by atoms with Gasteiger partial charge >= 0.3 is 0 Å². The van der Waals surface area contributed by atoms with E-state index in [1.54, 1.807) is 19.1 Å². The number of pyridine rings is 1. The van der Waals surface area contributed by atoms with Gasteiger partial charge in [0.05, 0.1) is 0 Å². The molecule has 3 rings (SSSR count). The molecule has 1 amide bonds. The molecule has 1 atom stereocenters. The monoisotopic (exact) mass is 365 g/mol. The van der Waals surface area contributed by atoms with E-state index < -0.39 is 0 Å². The quantitative estimate of drug-likeness (QED) is 0.721. The van der Waals surface area contributed by atoms with Crippen molar-refractivity contribution in [2.75, 3.05) is 19.0 Å². The first-order chi connectivity index (χ1) is 13.0. The summed E-state index contributed by atoms with van der Waals surface area (Å²) in [7, 11) is 3.91. The Balaban J connectivity index is 1.71. The molecule has 3 aromatic rings. The fraction of sp³-hybridized carbons (Fsp3) is 0.300. The Bertz CT molecular complexity index is 901. The Morgan fingerprint density at radius 3 is 2.37 bits per heavy atom. The number of anilines is 1. The number of hydrogen-bond donors (Lipinski definition) is 1. The lowest BCUT2D eigenvalue weighted by Gasteiger charge is -2.13. The van der Waals surface area contributed by atoms with Crippen molar-refractivity contribution in [1.29, 1.82) is 0 Å². The van der Waals surface area contributed by atoms with Crippen molar-refractivity contribution in [2.24, 2.45) is 0 Å². The van der Waals surface area contributed by atoms with Crippen LogP contribution in [0.2, 0.25) is 0 Å². The Kier molecular flexibility index (Phi) is 5.49. The topological polar surface area (TPSA) is 84.2 Å². The average molecular weight is 365 g/mol. The fourth-order valence-corrected chi connectivity index (χ4v) is 2.67. The predicted octanol–water partition coefficient (Wildman–Crippen LogP) is 3.39. The van der Waals surface area contributed by atoms with Gasteiger partial charge in [-0.2, -0.15) is 4.98 Å². The molecule has 140 valence electrons. The number of aryl methyl sites for hydroxylation is 1. The van der Waals surface area contributed by atoms with Crippen LogP contribution in [0.3, 0.4) is 0 Å². The largest absolute Gasteiger partial charge is 0.363 e. The lowest BCUT2D eigenvalue weighted by atomic mass is 10.0. The van der Waals surface area contributed by atoms with E-state index in [4.69, 9.17) is 4.52 Å². The second kappa shape index (κ2) is 7.99. The van der Waals surface area contributed by atoms with Crippen molar-refractivity contribution in [3.05, 3.63) is 59.9 Å². The summed E-state index contributed by atoms with van der Waals surface area (Å²) in [5, 5.41) is 6.72. The number of benzene rings is 1. The van der Waals surface area contributed by atoms with Gasteiger partial charge < -0.3 is 14.7 Å². The predicted molar refractivity (Wildman–Crippen MR) is 104 cm³/mol. The molecule has 0 aliphatic rings. The fourth-order valence-electron chi connectivity index (χ4n) is 2.67. The molecule has 7 nitrogen and oxygen atoms in total. The van der Waals surface area contributed by atoms with Gasteiger partial charge in [0.2, 0.25) is 5.89 Å². The Morgan fingerprint density at radius 2 is 1.85 bits per heavy atom. The highest BCUT2D eigenvalue weighted by Gasteiger charge is 2.19. The normalized spacial score (nSPS) is 11.9. The van der Waals surface area contributed by atoms with Crippen LogP contribution in [0.1, 0.15) is 41.5 Å². The number of hydrogen-bond acceptors (Lipinski definition) is 6. The van der Waals surface area contributed by atoms with Gasteiger partial charge in [-0.1, -0.05) is 24.2 Å². The molecular weight excluding hydrogens is 342 g/mol. The van der Waals surface area contributed by atoms with Crippen LogP contribution in [0, 0.1) is 6.92 Å². The van der Waals surface area contributed by atoms with E-state index in [9.17, 15) is 4.79 Å². The molecule has 0 fully saturated rings. The molecule has 0 aliphatic carbocycles. The summed E-state index contributed by atoms with van der Waals surface area (Å²) >= 11 is 0. The van der Waals surface area contributed by atoms with Gasteiger partial charge in [-0.3, -0.25) is 4.79 Å². The third kappa shape index (κ3) is 4.31. The zero-order valence-corrected chi connectivity index (χ0v) is 15.9. The van der Waals surface area contributed by atoms with Crippen LogP contribution < -0.4 is 10.2 Å². The van der Waals surface area contributed by atoms with E-state index in [1.807, 2.05) is 56.4 Å². The number of nitrogens with one attached hydrogen (secondary N) is 1. The van der Waals surface area contributed by atoms with Crippen LogP contribution >= 0.6 is 0 Å². The third-order valence-electron chi connectivity index (χ3n) is 4.24. The first-order valence-corrected chi connectivity index (χ1v) is 8.82. The van der Waals surface area contributed by atoms with Crippen LogP contribution in [0.15, 0.2) is 47.1 Å². The summed E-state index contributed by atoms with van der Waals surface area (Å²) in [6, 6.07) is 11.1. The highest BCUT2D eigenvalue weighted by molar-refractivity contribution is 5.94. The van der Waals surface area contributed by atoms with Crippen LogP contribution in [0.4, 0.5) is 5.82 Å². The highest BCUT2D eigenvalue weighted by atomic mass is 16.5. The molecule has 27 heavy (non-hydrogen) atoms. The van der Waals surface area contributed by atoms with Gasteiger partial charge in [-0.15, -0.1) is 0 Å². The van der Waals surface area contributed by atoms with E-state index in [2.05, 4.69) is 20.4 Å². The van der Waals surface area contributed by atoms with Crippen LogP contribution in [0.25, 0.3) is 11.1 Å². The van der Waals surface area contributed by atoms with Crippen molar-refractivity contribution in [3.8, 4) is 11.1 Å². The minimum Gasteiger partial charge on any atom is -0.363 e. The number of rotatable bonds is 6. The van der Waals surface area contributed by atoms with Gasteiger partial charge in [0, 0.05) is 31.4 Å². The van der Waals surface area contributed by atoms with E-state index in [-0.39, 0.29) is 11.9 Å². The molecule has 0 unspecified atom stereocenters. The van der Waals surface area contributed by atoms with Gasteiger partial charge in [0.15, 0.2) is 5.82 Å². The standard InChI is InChI=1S/C20H23N5O2/c1-5-17(20-22-13(2)24-27-20)23-19(26)15-8-6-14(7-9-15)16-10-11-18(21-12-16)25(3)4/h6-12,17H,5H2,1-4H3,(H,23,26)/t17-/m1/s1. The smallest absolute Gasteiger partial charge is 0.251 e. The Morgan fingerprint density at radius 1 is 1.15 bits per heavy atom. The maximum atomic E-state index is 12.5. The summed E-state index contributed by atoms with van der Waals surface area (Å²) in [6.45, 7) is 3.71. The van der Waals surface area contributed by atoms with E-state index in [0.29, 0.717) is 23.7 Å². The zero-order valence-electron chi connectivity index (χ0n) is 15.9.